The number of morpholine rings is 1. The SMILES string of the molecule is O=[N+]([O-])c1ccc(N/N=C/c2ccc(CN3CCOCC3)cc2)c(S(=O)(=O)Nc2ccccc2Cl)c1. The molecule has 0 aromatic heterocycles. The van der Waals surface area contributed by atoms with Gasteiger partial charge in [0, 0.05) is 31.8 Å². The lowest BCUT2D eigenvalue weighted by Gasteiger charge is -2.26. The Labute approximate surface area is 213 Å². The molecule has 2 N–H and O–H groups in total. The van der Waals surface area contributed by atoms with Gasteiger partial charge in [-0.25, -0.2) is 8.42 Å². The van der Waals surface area contributed by atoms with E-state index in [4.69, 9.17) is 16.3 Å². The molecule has 3 aromatic rings. The van der Waals surface area contributed by atoms with Gasteiger partial charge in [0.2, 0.25) is 0 Å². The van der Waals surface area contributed by atoms with Crippen LogP contribution < -0.4 is 10.1 Å². The van der Waals surface area contributed by atoms with Gasteiger partial charge < -0.3 is 4.74 Å². The number of sulfonamides is 1. The van der Waals surface area contributed by atoms with E-state index in [9.17, 15) is 18.5 Å². The Balaban J connectivity index is 1.50. The van der Waals surface area contributed by atoms with Gasteiger partial charge in [0.1, 0.15) is 4.90 Å². The molecule has 10 nitrogen and oxygen atoms in total. The second-order valence-corrected chi connectivity index (χ2v) is 10.1. The highest BCUT2D eigenvalue weighted by Crippen LogP contribution is 2.30. The zero-order chi connectivity index (χ0) is 25.5. The van der Waals surface area contributed by atoms with Gasteiger partial charge in [-0.3, -0.25) is 25.2 Å². The maximum atomic E-state index is 13.1. The second-order valence-electron chi connectivity index (χ2n) is 8.02. The van der Waals surface area contributed by atoms with Gasteiger partial charge in [-0.2, -0.15) is 5.10 Å². The van der Waals surface area contributed by atoms with Gasteiger partial charge in [-0.15, -0.1) is 0 Å². The van der Waals surface area contributed by atoms with E-state index in [-0.39, 0.29) is 27.0 Å². The highest BCUT2D eigenvalue weighted by atomic mass is 35.5. The quantitative estimate of drug-likeness (QED) is 0.240. The summed E-state index contributed by atoms with van der Waals surface area (Å²) in [6.07, 6.45) is 1.54. The molecule has 1 aliphatic rings. The maximum absolute atomic E-state index is 13.1. The van der Waals surface area contributed by atoms with Crippen molar-refractivity contribution < 1.29 is 18.1 Å². The molecule has 4 rings (SSSR count). The van der Waals surface area contributed by atoms with Gasteiger partial charge in [-0.1, -0.05) is 48.0 Å². The largest absolute Gasteiger partial charge is 0.379 e. The number of nitrogens with zero attached hydrogens (tertiary/aromatic N) is 3. The fourth-order valence-electron chi connectivity index (χ4n) is 3.59. The van der Waals surface area contributed by atoms with E-state index in [1.165, 1.54) is 30.5 Å². The minimum atomic E-state index is -4.23. The Hall–Kier alpha value is -3.51. The van der Waals surface area contributed by atoms with Crippen LogP contribution in [0.1, 0.15) is 11.1 Å². The zero-order valence-corrected chi connectivity index (χ0v) is 20.7. The second kappa shape index (κ2) is 11.5. The molecule has 0 amide bonds. The molecule has 36 heavy (non-hydrogen) atoms. The van der Waals surface area contributed by atoms with E-state index in [2.05, 4.69) is 20.1 Å². The summed E-state index contributed by atoms with van der Waals surface area (Å²) in [5.74, 6) is 0. The summed E-state index contributed by atoms with van der Waals surface area (Å²) in [5.41, 5.74) is 4.50. The maximum Gasteiger partial charge on any atom is 0.270 e. The number of ether oxygens (including phenoxy) is 1. The third-order valence-corrected chi connectivity index (χ3v) is 7.21. The van der Waals surface area contributed by atoms with E-state index in [0.29, 0.717) is 0 Å². The average molecular weight is 530 g/mol. The van der Waals surface area contributed by atoms with Crippen LogP contribution in [0.15, 0.2) is 76.7 Å². The molecule has 3 aromatic carbocycles. The van der Waals surface area contributed by atoms with Crippen LogP contribution >= 0.6 is 11.6 Å². The van der Waals surface area contributed by atoms with Crippen LogP contribution in [0.5, 0.6) is 0 Å². The summed E-state index contributed by atoms with van der Waals surface area (Å²) < 4.78 is 33.9. The molecule has 0 bridgehead atoms. The molecular weight excluding hydrogens is 506 g/mol. The molecule has 0 aliphatic carbocycles. The molecule has 12 heteroatoms. The van der Waals surface area contributed by atoms with Crippen molar-refractivity contribution in [1.29, 1.82) is 0 Å². The zero-order valence-electron chi connectivity index (χ0n) is 19.1. The fraction of sp³-hybridized carbons (Fsp3) is 0.208. The number of hydrogen-bond acceptors (Lipinski definition) is 8. The van der Waals surface area contributed by atoms with Gasteiger partial charge in [0.05, 0.1) is 40.7 Å². The highest BCUT2D eigenvalue weighted by molar-refractivity contribution is 7.93. The minimum absolute atomic E-state index is 0.0698. The van der Waals surface area contributed by atoms with Gasteiger partial charge >= 0.3 is 0 Å². The average Bonchev–Trinajstić information content (AvgIpc) is 2.87. The topological polar surface area (TPSA) is 126 Å². The first-order chi connectivity index (χ1) is 17.3. The highest BCUT2D eigenvalue weighted by Gasteiger charge is 2.23. The number of hydrazone groups is 1. The van der Waals surface area contributed by atoms with Gasteiger partial charge in [0.25, 0.3) is 15.7 Å². The number of para-hydroxylation sites is 1. The van der Waals surface area contributed by atoms with Crippen LogP contribution in [0, 0.1) is 10.1 Å². The molecule has 1 heterocycles. The Morgan fingerprint density at radius 3 is 2.47 bits per heavy atom. The predicted octanol–water partition coefficient (Wildman–Crippen LogP) is 4.33. The molecule has 1 aliphatic heterocycles. The van der Waals surface area contributed by atoms with Crippen molar-refractivity contribution in [2.45, 2.75) is 11.4 Å². The van der Waals surface area contributed by atoms with Crippen molar-refractivity contribution in [3.05, 3.63) is 93.0 Å². The Kier molecular flexibility index (Phi) is 8.16. The standard InChI is InChI=1S/C24H24ClN5O5S/c25-21-3-1-2-4-22(21)28-36(33,34)24-15-20(30(31)32)9-10-23(24)27-26-16-18-5-7-19(8-6-18)17-29-11-13-35-14-12-29/h1-10,15-16,27-28H,11-14,17H2/b26-16+. The number of rotatable bonds is 9. The van der Waals surface area contributed by atoms with Crippen molar-refractivity contribution in [1.82, 2.24) is 4.90 Å². The third-order valence-electron chi connectivity index (χ3n) is 5.47. The lowest BCUT2D eigenvalue weighted by molar-refractivity contribution is -0.385. The van der Waals surface area contributed by atoms with E-state index < -0.39 is 14.9 Å². The van der Waals surface area contributed by atoms with Crippen LogP contribution in [0.4, 0.5) is 17.1 Å². The molecule has 0 radical (unpaired) electrons. The number of non-ortho nitro benzene ring substituents is 1. The van der Waals surface area contributed by atoms with Crippen molar-refractivity contribution in [3.8, 4) is 0 Å². The van der Waals surface area contributed by atoms with E-state index in [1.807, 2.05) is 24.3 Å². The molecule has 0 spiro atoms. The van der Waals surface area contributed by atoms with Crippen molar-refractivity contribution in [2.75, 3.05) is 36.5 Å². The van der Waals surface area contributed by atoms with Crippen molar-refractivity contribution in [3.63, 3.8) is 0 Å². The number of hydrogen-bond donors (Lipinski definition) is 2. The smallest absolute Gasteiger partial charge is 0.270 e. The minimum Gasteiger partial charge on any atom is -0.379 e. The lowest BCUT2D eigenvalue weighted by Crippen LogP contribution is -2.35. The number of nitro groups is 1. The first kappa shape index (κ1) is 25.6. The Bertz CT molecular complexity index is 1360. The van der Waals surface area contributed by atoms with Crippen LogP contribution in [0.2, 0.25) is 5.02 Å². The first-order valence-corrected chi connectivity index (χ1v) is 12.9. The number of anilines is 2. The molecule has 1 fully saturated rings. The van der Waals surface area contributed by atoms with Crippen molar-refractivity contribution >= 4 is 44.9 Å². The normalized spacial score (nSPS) is 14.6. The molecule has 0 atom stereocenters. The van der Waals surface area contributed by atoms with Crippen LogP contribution in [-0.4, -0.2) is 50.8 Å². The van der Waals surface area contributed by atoms with Crippen LogP contribution in [0.25, 0.3) is 0 Å². The molecular formula is C24H24ClN5O5S. The number of halogens is 1. The monoisotopic (exact) mass is 529 g/mol. The summed E-state index contributed by atoms with van der Waals surface area (Å²) in [6, 6.07) is 17.6. The molecule has 188 valence electrons. The van der Waals surface area contributed by atoms with E-state index >= 15 is 0 Å². The Morgan fingerprint density at radius 1 is 1.06 bits per heavy atom. The summed E-state index contributed by atoms with van der Waals surface area (Å²) >= 11 is 6.07. The van der Waals surface area contributed by atoms with Crippen molar-refractivity contribution in [2.24, 2.45) is 5.10 Å². The molecule has 0 unspecified atom stereocenters. The summed E-state index contributed by atoms with van der Waals surface area (Å²) in [6.45, 7) is 4.12. The van der Waals surface area contributed by atoms with Crippen LogP contribution in [-0.2, 0) is 21.3 Å². The van der Waals surface area contributed by atoms with E-state index in [0.717, 1.165) is 50.0 Å². The first-order valence-electron chi connectivity index (χ1n) is 11.1. The Morgan fingerprint density at radius 2 is 1.78 bits per heavy atom. The number of nitrogens with one attached hydrogen (secondary N) is 2. The number of nitro benzene ring substituents is 1. The van der Waals surface area contributed by atoms with Gasteiger partial charge in [0.15, 0.2) is 0 Å². The fourth-order valence-corrected chi connectivity index (χ4v) is 5.08. The molecule has 1 saturated heterocycles. The van der Waals surface area contributed by atoms with E-state index in [1.54, 1.807) is 12.1 Å². The summed E-state index contributed by atoms with van der Waals surface area (Å²) in [7, 11) is -4.23. The molecule has 0 saturated carbocycles. The number of benzene rings is 3. The predicted molar refractivity (Wildman–Crippen MR) is 139 cm³/mol. The van der Waals surface area contributed by atoms with Gasteiger partial charge in [-0.05, 0) is 29.3 Å². The third kappa shape index (κ3) is 6.58. The summed E-state index contributed by atoms with van der Waals surface area (Å²) in [4.78, 5) is 12.6. The van der Waals surface area contributed by atoms with Crippen LogP contribution in [0.3, 0.4) is 0 Å². The lowest BCUT2D eigenvalue weighted by atomic mass is 10.1. The summed E-state index contributed by atoms with van der Waals surface area (Å²) in [5, 5.41) is 15.6.